The van der Waals surface area contributed by atoms with Crippen molar-refractivity contribution in [3.05, 3.63) is 34.9 Å². The van der Waals surface area contributed by atoms with Crippen molar-refractivity contribution in [2.24, 2.45) is 11.7 Å². The zero-order chi connectivity index (χ0) is 20.7. The van der Waals surface area contributed by atoms with Gasteiger partial charge in [-0.3, -0.25) is 34.3 Å². The Hall–Kier alpha value is -2.58. The number of fused-ring (bicyclic) bond motifs is 1. The standard InChI is InChI=1S/C21H26N4O4/c1-12-8-13(10-22)6-7-24(12)11-14-2-3-15-16(9-14)21(29)25(20(15)28)17-4-5-18(26)23-19(17)27/h2-3,9,12-13,17H,4-8,10-11,22H2,1H3,(H,23,26,27)/t12-,13+,17?/m1/s1. The highest BCUT2D eigenvalue weighted by Gasteiger charge is 2.44. The molecule has 29 heavy (non-hydrogen) atoms. The van der Waals surface area contributed by atoms with Crippen LogP contribution in [0.15, 0.2) is 18.2 Å². The summed E-state index contributed by atoms with van der Waals surface area (Å²) in [7, 11) is 0. The Bertz CT molecular complexity index is 883. The molecular weight excluding hydrogens is 372 g/mol. The van der Waals surface area contributed by atoms with Crippen LogP contribution < -0.4 is 11.1 Å². The Morgan fingerprint density at radius 2 is 1.86 bits per heavy atom. The Kier molecular flexibility index (Phi) is 5.23. The minimum absolute atomic E-state index is 0.117. The molecule has 1 aromatic carbocycles. The van der Waals surface area contributed by atoms with Gasteiger partial charge in [0.05, 0.1) is 11.1 Å². The number of carbonyl (C=O) groups is 4. The Morgan fingerprint density at radius 1 is 1.10 bits per heavy atom. The van der Waals surface area contributed by atoms with E-state index in [4.69, 9.17) is 5.73 Å². The van der Waals surface area contributed by atoms with Crippen LogP contribution in [0, 0.1) is 5.92 Å². The third-order valence-electron chi connectivity index (χ3n) is 6.35. The highest BCUT2D eigenvalue weighted by molar-refractivity contribution is 6.23. The summed E-state index contributed by atoms with van der Waals surface area (Å²) in [5.74, 6) is -1.34. The fraction of sp³-hybridized carbons (Fsp3) is 0.524. The van der Waals surface area contributed by atoms with Crippen molar-refractivity contribution in [2.75, 3.05) is 13.1 Å². The molecule has 0 aromatic heterocycles. The SMILES string of the molecule is C[C@@H]1C[C@@H](CN)CCN1Cc1ccc2c(c1)C(=O)N(C1CCC(=O)NC1=O)C2=O. The normalized spacial score (nSPS) is 27.9. The van der Waals surface area contributed by atoms with Crippen LogP contribution in [0.4, 0.5) is 0 Å². The molecule has 4 rings (SSSR count). The number of nitrogens with one attached hydrogen (secondary N) is 1. The van der Waals surface area contributed by atoms with Gasteiger partial charge in [0.1, 0.15) is 6.04 Å². The average Bonchev–Trinajstić information content (AvgIpc) is 2.94. The molecule has 3 aliphatic rings. The quantitative estimate of drug-likeness (QED) is 0.720. The molecule has 4 amide bonds. The number of nitrogens with zero attached hydrogens (tertiary/aromatic N) is 2. The molecule has 0 radical (unpaired) electrons. The molecule has 2 saturated heterocycles. The van der Waals surface area contributed by atoms with Gasteiger partial charge in [-0.1, -0.05) is 6.07 Å². The summed E-state index contributed by atoms with van der Waals surface area (Å²) < 4.78 is 0. The van der Waals surface area contributed by atoms with E-state index >= 15 is 0 Å². The van der Waals surface area contributed by atoms with E-state index in [1.54, 1.807) is 12.1 Å². The number of amides is 4. The van der Waals surface area contributed by atoms with E-state index in [-0.39, 0.29) is 18.7 Å². The third kappa shape index (κ3) is 3.58. The molecule has 0 aliphatic carbocycles. The summed E-state index contributed by atoms with van der Waals surface area (Å²) >= 11 is 0. The highest BCUT2D eigenvalue weighted by Crippen LogP contribution is 2.30. The van der Waals surface area contributed by atoms with Crippen molar-refractivity contribution in [1.82, 2.24) is 15.1 Å². The van der Waals surface area contributed by atoms with Crippen LogP contribution in [0.25, 0.3) is 0 Å². The Labute approximate surface area is 169 Å². The van der Waals surface area contributed by atoms with Gasteiger partial charge in [0.15, 0.2) is 0 Å². The topological polar surface area (TPSA) is 113 Å². The summed E-state index contributed by atoms with van der Waals surface area (Å²) in [6.45, 7) is 4.55. The van der Waals surface area contributed by atoms with Crippen molar-refractivity contribution in [3.63, 3.8) is 0 Å². The molecule has 8 nitrogen and oxygen atoms in total. The largest absolute Gasteiger partial charge is 0.330 e. The van der Waals surface area contributed by atoms with Gasteiger partial charge in [0.2, 0.25) is 11.8 Å². The first-order chi connectivity index (χ1) is 13.9. The van der Waals surface area contributed by atoms with E-state index in [0.29, 0.717) is 36.2 Å². The number of hydrogen-bond donors (Lipinski definition) is 2. The molecule has 3 atom stereocenters. The summed E-state index contributed by atoms with van der Waals surface area (Å²) in [5.41, 5.74) is 7.42. The van der Waals surface area contributed by atoms with Crippen LogP contribution >= 0.6 is 0 Å². The van der Waals surface area contributed by atoms with Gasteiger partial charge in [0, 0.05) is 19.0 Å². The highest BCUT2D eigenvalue weighted by atomic mass is 16.2. The van der Waals surface area contributed by atoms with Gasteiger partial charge >= 0.3 is 0 Å². The molecule has 8 heteroatoms. The van der Waals surface area contributed by atoms with Gasteiger partial charge in [-0.15, -0.1) is 0 Å². The van der Waals surface area contributed by atoms with E-state index in [9.17, 15) is 19.2 Å². The van der Waals surface area contributed by atoms with Crippen molar-refractivity contribution in [1.29, 1.82) is 0 Å². The van der Waals surface area contributed by atoms with Crippen molar-refractivity contribution < 1.29 is 19.2 Å². The second-order valence-corrected chi connectivity index (χ2v) is 8.27. The van der Waals surface area contributed by atoms with E-state index in [1.165, 1.54) is 0 Å². The fourth-order valence-corrected chi connectivity index (χ4v) is 4.62. The second-order valence-electron chi connectivity index (χ2n) is 8.27. The summed E-state index contributed by atoms with van der Waals surface area (Å²) in [4.78, 5) is 52.6. The maximum absolute atomic E-state index is 12.9. The Morgan fingerprint density at radius 3 is 2.55 bits per heavy atom. The van der Waals surface area contributed by atoms with Gasteiger partial charge < -0.3 is 5.73 Å². The van der Waals surface area contributed by atoms with Gasteiger partial charge in [-0.05, 0) is 62.9 Å². The number of benzene rings is 1. The van der Waals surface area contributed by atoms with Crippen LogP contribution in [0.2, 0.25) is 0 Å². The van der Waals surface area contributed by atoms with Crippen LogP contribution in [-0.2, 0) is 16.1 Å². The lowest BCUT2D eigenvalue weighted by atomic mass is 9.91. The van der Waals surface area contributed by atoms with Gasteiger partial charge in [-0.25, -0.2) is 0 Å². The second kappa shape index (κ2) is 7.68. The Balaban J connectivity index is 1.51. The molecule has 0 bridgehead atoms. The van der Waals surface area contributed by atoms with Gasteiger partial charge in [0.25, 0.3) is 11.8 Å². The van der Waals surface area contributed by atoms with Crippen molar-refractivity contribution >= 4 is 23.6 Å². The van der Waals surface area contributed by atoms with E-state index in [1.807, 2.05) is 6.07 Å². The molecular formula is C21H26N4O4. The molecule has 2 fully saturated rings. The zero-order valence-corrected chi connectivity index (χ0v) is 16.5. The first-order valence-corrected chi connectivity index (χ1v) is 10.2. The first kappa shape index (κ1) is 19.7. The molecule has 0 saturated carbocycles. The maximum atomic E-state index is 12.9. The number of likely N-dealkylation sites (tertiary alicyclic amines) is 1. The van der Waals surface area contributed by atoms with Crippen molar-refractivity contribution in [3.8, 4) is 0 Å². The summed E-state index contributed by atoms with van der Waals surface area (Å²) in [5, 5.41) is 2.21. The molecule has 3 N–H and O–H groups in total. The van der Waals surface area contributed by atoms with Crippen LogP contribution in [0.1, 0.15) is 58.9 Å². The molecule has 0 spiro atoms. The minimum atomic E-state index is -0.932. The number of carbonyl (C=O) groups excluding carboxylic acids is 4. The first-order valence-electron chi connectivity index (χ1n) is 10.2. The lowest BCUT2D eigenvalue weighted by Gasteiger charge is -2.37. The molecule has 1 aromatic rings. The number of imide groups is 2. The van der Waals surface area contributed by atoms with E-state index in [2.05, 4.69) is 17.1 Å². The predicted molar refractivity (Wildman–Crippen MR) is 105 cm³/mol. The molecule has 1 unspecified atom stereocenters. The smallest absolute Gasteiger partial charge is 0.262 e. The third-order valence-corrected chi connectivity index (χ3v) is 6.35. The number of nitrogens with two attached hydrogens (primary N) is 1. The van der Waals surface area contributed by atoms with Crippen LogP contribution in [-0.4, -0.2) is 58.6 Å². The van der Waals surface area contributed by atoms with Crippen LogP contribution in [0.5, 0.6) is 0 Å². The number of hydrogen-bond acceptors (Lipinski definition) is 6. The fourth-order valence-electron chi connectivity index (χ4n) is 4.62. The molecule has 3 heterocycles. The van der Waals surface area contributed by atoms with E-state index < -0.39 is 23.8 Å². The number of rotatable bonds is 4. The van der Waals surface area contributed by atoms with Crippen molar-refractivity contribution in [2.45, 2.75) is 51.2 Å². The summed E-state index contributed by atoms with van der Waals surface area (Å²) in [6, 6.07) is 4.79. The van der Waals surface area contributed by atoms with Crippen LogP contribution in [0.3, 0.4) is 0 Å². The lowest BCUT2D eigenvalue weighted by Crippen LogP contribution is -2.54. The lowest BCUT2D eigenvalue weighted by molar-refractivity contribution is -0.136. The number of piperidine rings is 2. The molecule has 154 valence electrons. The maximum Gasteiger partial charge on any atom is 0.262 e. The summed E-state index contributed by atoms with van der Waals surface area (Å²) in [6.07, 6.45) is 2.40. The molecule has 3 aliphatic heterocycles. The predicted octanol–water partition coefficient (Wildman–Crippen LogP) is 0.647. The zero-order valence-electron chi connectivity index (χ0n) is 16.5. The van der Waals surface area contributed by atoms with E-state index in [0.717, 1.165) is 29.8 Å². The van der Waals surface area contributed by atoms with Gasteiger partial charge in [-0.2, -0.15) is 0 Å². The minimum Gasteiger partial charge on any atom is -0.330 e. The monoisotopic (exact) mass is 398 g/mol. The average molecular weight is 398 g/mol.